The van der Waals surface area contributed by atoms with Gasteiger partial charge in [0.2, 0.25) is 0 Å². The first kappa shape index (κ1) is 11.2. The molecule has 1 rings (SSSR count). The fourth-order valence-electron chi connectivity index (χ4n) is 1.40. The number of halogens is 1. The van der Waals surface area contributed by atoms with E-state index < -0.39 is 37.1 Å². The summed E-state index contributed by atoms with van der Waals surface area (Å²) in [6.45, 7) is 1.13. The Kier molecular flexibility index (Phi) is 3.65. The number of rotatable bonds is 3. The van der Waals surface area contributed by atoms with Gasteiger partial charge in [-0.15, -0.1) is 0 Å². The van der Waals surface area contributed by atoms with Crippen molar-refractivity contribution in [3.8, 4) is 0 Å². The molecule has 0 saturated carbocycles. The first-order valence-corrected chi connectivity index (χ1v) is 4.24. The molecule has 0 bridgehead atoms. The topological polar surface area (TPSA) is 98.5 Å². The molecule has 2 N–H and O–H groups in total. The molecule has 1 fully saturated rings. The number of aliphatic hydroxyl groups excluding tert-OH is 2. The molecule has 0 aliphatic carbocycles. The number of hydrogen-bond acceptors (Lipinski definition) is 4. The van der Waals surface area contributed by atoms with Gasteiger partial charge in [-0.25, -0.2) is 4.39 Å². The van der Waals surface area contributed by atoms with Crippen molar-refractivity contribution < 1.29 is 19.3 Å². The van der Waals surface area contributed by atoms with Crippen LogP contribution in [-0.4, -0.2) is 47.3 Å². The molecule has 1 saturated heterocycles. The molecular formula is C7H12FN3O3. The third kappa shape index (κ3) is 2.13. The van der Waals surface area contributed by atoms with Gasteiger partial charge in [-0.2, -0.15) is 0 Å². The first-order valence-electron chi connectivity index (χ1n) is 4.24. The molecule has 1 aliphatic rings. The van der Waals surface area contributed by atoms with Gasteiger partial charge in [-0.1, -0.05) is 5.11 Å². The van der Waals surface area contributed by atoms with Crippen molar-refractivity contribution in [3.63, 3.8) is 0 Å². The summed E-state index contributed by atoms with van der Waals surface area (Å²) < 4.78 is 18.2. The van der Waals surface area contributed by atoms with E-state index in [0.717, 1.165) is 0 Å². The van der Waals surface area contributed by atoms with Crippen molar-refractivity contribution in [2.45, 2.75) is 37.5 Å². The van der Waals surface area contributed by atoms with E-state index in [1.807, 2.05) is 0 Å². The van der Waals surface area contributed by atoms with Crippen LogP contribution in [0.2, 0.25) is 0 Å². The highest BCUT2D eigenvalue weighted by molar-refractivity contribution is 4.92. The molecule has 1 heterocycles. The number of ether oxygens (including phenoxy) is 1. The van der Waals surface area contributed by atoms with Gasteiger partial charge in [-0.3, -0.25) is 0 Å². The average molecular weight is 205 g/mol. The molecule has 80 valence electrons. The minimum atomic E-state index is -1.60. The number of nitrogens with zero attached hydrogens (tertiary/aromatic N) is 3. The third-order valence-electron chi connectivity index (χ3n) is 2.22. The molecule has 0 aromatic rings. The predicted octanol–water partition coefficient (Wildman–Crippen LogP) is 0.144. The van der Waals surface area contributed by atoms with E-state index in [1.54, 1.807) is 0 Å². The van der Waals surface area contributed by atoms with Gasteiger partial charge in [0, 0.05) is 4.91 Å². The van der Waals surface area contributed by atoms with Gasteiger partial charge >= 0.3 is 0 Å². The Labute approximate surface area is 79.9 Å². The Morgan fingerprint density at radius 3 is 2.64 bits per heavy atom. The van der Waals surface area contributed by atoms with Crippen LogP contribution in [0.4, 0.5) is 4.39 Å². The Morgan fingerprint density at radius 2 is 2.21 bits per heavy atom. The van der Waals surface area contributed by atoms with Crippen LogP contribution in [0.25, 0.3) is 10.4 Å². The Bertz CT molecular complexity index is 246. The maximum absolute atomic E-state index is 13.2. The van der Waals surface area contributed by atoms with Crippen LogP contribution in [0.3, 0.4) is 0 Å². The lowest BCUT2D eigenvalue weighted by molar-refractivity contribution is -0.0292. The van der Waals surface area contributed by atoms with Gasteiger partial charge in [0.1, 0.15) is 24.5 Å². The van der Waals surface area contributed by atoms with Crippen LogP contribution in [0.1, 0.15) is 6.92 Å². The molecule has 0 amide bonds. The quantitative estimate of drug-likeness (QED) is 0.389. The van der Waals surface area contributed by atoms with Crippen LogP contribution in [0.15, 0.2) is 5.11 Å². The molecule has 7 heteroatoms. The summed E-state index contributed by atoms with van der Waals surface area (Å²) in [6.07, 6.45) is -5.69. The molecule has 0 aromatic carbocycles. The Balaban J connectivity index is 2.56. The highest BCUT2D eigenvalue weighted by atomic mass is 19.1. The molecule has 0 aromatic heterocycles. The van der Waals surface area contributed by atoms with Crippen molar-refractivity contribution in [1.29, 1.82) is 0 Å². The van der Waals surface area contributed by atoms with E-state index in [9.17, 15) is 14.6 Å². The first-order chi connectivity index (χ1) is 6.57. The number of hydrogen-bond donors (Lipinski definition) is 2. The Hall–Kier alpha value is -0.880. The zero-order valence-corrected chi connectivity index (χ0v) is 7.62. The molecule has 1 aliphatic heterocycles. The van der Waals surface area contributed by atoms with Gasteiger partial charge < -0.3 is 14.9 Å². The van der Waals surface area contributed by atoms with E-state index in [0.29, 0.717) is 0 Å². The summed E-state index contributed by atoms with van der Waals surface area (Å²) in [5.41, 5.74) is 7.97. The zero-order valence-electron chi connectivity index (χ0n) is 7.62. The van der Waals surface area contributed by atoms with Crippen LogP contribution in [0, 0.1) is 0 Å². The summed E-state index contributed by atoms with van der Waals surface area (Å²) in [6, 6.07) is 0. The van der Waals surface area contributed by atoms with Gasteiger partial charge in [0.05, 0.1) is 12.6 Å². The average Bonchev–Trinajstić information content (AvgIpc) is 2.42. The smallest absolute Gasteiger partial charge is 0.134 e. The van der Waals surface area contributed by atoms with Crippen LogP contribution >= 0.6 is 0 Å². The number of azide groups is 1. The summed E-state index contributed by atoms with van der Waals surface area (Å²) >= 11 is 0. The second-order valence-corrected chi connectivity index (χ2v) is 3.22. The van der Waals surface area contributed by atoms with E-state index >= 15 is 0 Å². The van der Waals surface area contributed by atoms with Crippen molar-refractivity contribution in [2.75, 3.05) is 6.54 Å². The Morgan fingerprint density at radius 1 is 1.57 bits per heavy atom. The minimum Gasteiger partial charge on any atom is -0.388 e. The lowest BCUT2D eigenvalue weighted by Crippen LogP contribution is -2.38. The lowest BCUT2D eigenvalue weighted by atomic mass is 10.1. The third-order valence-corrected chi connectivity index (χ3v) is 2.22. The van der Waals surface area contributed by atoms with E-state index in [4.69, 9.17) is 10.3 Å². The van der Waals surface area contributed by atoms with Gasteiger partial charge in [0.25, 0.3) is 0 Å². The lowest BCUT2D eigenvalue weighted by Gasteiger charge is -2.17. The van der Waals surface area contributed by atoms with Crippen molar-refractivity contribution in [1.82, 2.24) is 0 Å². The molecule has 5 atom stereocenters. The predicted molar refractivity (Wildman–Crippen MR) is 45.3 cm³/mol. The van der Waals surface area contributed by atoms with Crippen LogP contribution in [0.5, 0.6) is 0 Å². The summed E-state index contributed by atoms with van der Waals surface area (Å²) in [5, 5.41) is 21.6. The molecular weight excluding hydrogens is 193 g/mol. The van der Waals surface area contributed by atoms with E-state index in [2.05, 4.69) is 10.0 Å². The van der Waals surface area contributed by atoms with Gasteiger partial charge in [0.15, 0.2) is 0 Å². The molecule has 0 spiro atoms. The van der Waals surface area contributed by atoms with Crippen molar-refractivity contribution in [3.05, 3.63) is 10.4 Å². The second kappa shape index (κ2) is 4.56. The maximum Gasteiger partial charge on any atom is 0.134 e. The van der Waals surface area contributed by atoms with E-state index in [-0.39, 0.29) is 0 Å². The van der Waals surface area contributed by atoms with Crippen LogP contribution in [-0.2, 0) is 4.74 Å². The second-order valence-electron chi connectivity index (χ2n) is 3.22. The highest BCUT2D eigenvalue weighted by Crippen LogP contribution is 2.24. The van der Waals surface area contributed by atoms with Gasteiger partial charge in [-0.05, 0) is 12.5 Å². The molecule has 1 unspecified atom stereocenters. The zero-order chi connectivity index (χ0) is 10.7. The van der Waals surface area contributed by atoms with Crippen molar-refractivity contribution >= 4 is 0 Å². The van der Waals surface area contributed by atoms with Crippen LogP contribution < -0.4 is 0 Å². The van der Waals surface area contributed by atoms with Crippen molar-refractivity contribution in [2.24, 2.45) is 5.11 Å². The highest BCUT2D eigenvalue weighted by Gasteiger charge is 2.44. The fraction of sp³-hybridized carbons (Fsp3) is 1.00. The fourth-order valence-corrected chi connectivity index (χ4v) is 1.40. The standard InChI is InChI=1S/C7H12FN3O3/c1-3-5(12)6(13)7(14-3)4(8)2-10-11-9/h3-7,12-13H,2H2,1H3/t3-,4+,5?,6+,7+/m0/s1. The summed E-state index contributed by atoms with van der Waals surface area (Å²) in [5.74, 6) is 0. The number of alkyl halides is 1. The molecule has 14 heavy (non-hydrogen) atoms. The monoisotopic (exact) mass is 205 g/mol. The maximum atomic E-state index is 13.2. The summed E-state index contributed by atoms with van der Waals surface area (Å²) in [7, 11) is 0. The largest absolute Gasteiger partial charge is 0.388 e. The summed E-state index contributed by atoms with van der Waals surface area (Å²) in [4.78, 5) is 2.40. The number of aliphatic hydroxyl groups is 2. The molecule has 0 radical (unpaired) electrons. The normalized spacial score (nSPS) is 39.1. The van der Waals surface area contributed by atoms with E-state index in [1.165, 1.54) is 6.92 Å². The minimum absolute atomic E-state index is 0.405. The molecule has 6 nitrogen and oxygen atoms in total. The SMILES string of the molecule is C[C@@H]1O[C@H]([C@H](F)CN=[N+]=[N-])[C@H](O)C1O.